The molecule has 0 spiro atoms. The van der Waals surface area contributed by atoms with Crippen LogP contribution < -0.4 is 0 Å². The largest absolute Gasteiger partial charge is 0.505 e. The summed E-state index contributed by atoms with van der Waals surface area (Å²) < 4.78 is 2.37. The standard InChI is InChI=1S/C11H12BrN3O/c1-7(2)8-3-9(12)11(16)10(4-8)15-5-13-14-6-15/h3-7,16H,1-2H3. The Bertz CT molecular complexity index is 494. The molecule has 0 saturated carbocycles. The van der Waals surface area contributed by atoms with E-state index in [2.05, 4.69) is 40.0 Å². The molecule has 0 aliphatic carbocycles. The van der Waals surface area contributed by atoms with Crippen LogP contribution in [0.4, 0.5) is 0 Å². The molecule has 1 aromatic heterocycles. The van der Waals surface area contributed by atoms with Crippen LogP contribution in [0.25, 0.3) is 5.69 Å². The normalized spacial score (nSPS) is 11.0. The zero-order valence-electron chi connectivity index (χ0n) is 9.05. The minimum absolute atomic E-state index is 0.198. The first-order chi connectivity index (χ1) is 7.59. The minimum Gasteiger partial charge on any atom is -0.505 e. The molecule has 0 aliphatic rings. The summed E-state index contributed by atoms with van der Waals surface area (Å²) in [5.41, 5.74) is 1.83. The van der Waals surface area contributed by atoms with Gasteiger partial charge >= 0.3 is 0 Å². The van der Waals surface area contributed by atoms with Gasteiger partial charge in [-0.2, -0.15) is 0 Å². The van der Waals surface area contributed by atoms with Gasteiger partial charge in [0.05, 0.1) is 10.2 Å². The van der Waals surface area contributed by atoms with Crippen LogP contribution >= 0.6 is 15.9 Å². The predicted octanol–water partition coefficient (Wildman–Crippen LogP) is 2.86. The Kier molecular flexibility index (Phi) is 2.96. The van der Waals surface area contributed by atoms with Gasteiger partial charge in [0.1, 0.15) is 12.7 Å². The average Bonchev–Trinajstić information content (AvgIpc) is 2.74. The molecule has 0 atom stereocenters. The highest BCUT2D eigenvalue weighted by atomic mass is 79.9. The van der Waals surface area contributed by atoms with Gasteiger partial charge in [-0.15, -0.1) is 10.2 Å². The van der Waals surface area contributed by atoms with Gasteiger partial charge < -0.3 is 5.11 Å². The zero-order chi connectivity index (χ0) is 11.7. The van der Waals surface area contributed by atoms with Gasteiger partial charge in [0, 0.05) is 0 Å². The highest BCUT2D eigenvalue weighted by molar-refractivity contribution is 9.10. The number of phenols is 1. The molecule has 2 aromatic rings. The van der Waals surface area contributed by atoms with Gasteiger partial charge in [-0.05, 0) is 39.5 Å². The van der Waals surface area contributed by atoms with Crippen molar-refractivity contribution >= 4 is 15.9 Å². The van der Waals surface area contributed by atoms with Crippen molar-refractivity contribution in [1.29, 1.82) is 0 Å². The molecule has 0 bridgehead atoms. The second-order valence-corrected chi connectivity index (χ2v) is 4.75. The number of aromatic hydroxyl groups is 1. The molecule has 0 saturated heterocycles. The Balaban J connectivity index is 2.60. The number of halogens is 1. The lowest BCUT2D eigenvalue weighted by molar-refractivity contribution is 0.468. The SMILES string of the molecule is CC(C)c1cc(Br)c(O)c(-n2cnnc2)c1. The monoisotopic (exact) mass is 281 g/mol. The number of nitrogens with zero attached hydrogens (tertiary/aromatic N) is 3. The Hall–Kier alpha value is -1.36. The summed E-state index contributed by atoms with van der Waals surface area (Å²) in [5, 5.41) is 17.4. The average molecular weight is 282 g/mol. The molecule has 84 valence electrons. The second kappa shape index (κ2) is 4.25. The van der Waals surface area contributed by atoms with Crippen molar-refractivity contribution in [2.45, 2.75) is 19.8 Å². The van der Waals surface area contributed by atoms with Crippen LogP contribution in [0.1, 0.15) is 25.3 Å². The number of hydrogen-bond donors (Lipinski definition) is 1. The lowest BCUT2D eigenvalue weighted by Gasteiger charge is -2.12. The van der Waals surface area contributed by atoms with Crippen LogP contribution in [0, 0.1) is 0 Å². The number of phenolic OH excluding ortho intramolecular Hbond substituents is 1. The third kappa shape index (κ3) is 1.95. The molecule has 0 fully saturated rings. The van der Waals surface area contributed by atoms with E-state index >= 15 is 0 Å². The van der Waals surface area contributed by atoms with Crippen LogP contribution in [-0.2, 0) is 0 Å². The fourth-order valence-corrected chi connectivity index (χ4v) is 1.93. The first kappa shape index (κ1) is 11.1. The smallest absolute Gasteiger partial charge is 0.153 e. The van der Waals surface area contributed by atoms with Crippen LogP contribution in [0.15, 0.2) is 29.3 Å². The van der Waals surface area contributed by atoms with Crippen LogP contribution in [0.2, 0.25) is 0 Å². The fourth-order valence-electron chi connectivity index (χ4n) is 1.46. The molecule has 5 heteroatoms. The second-order valence-electron chi connectivity index (χ2n) is 3.89. The van der Waals surface area contributed by atoms with Crippen molar-refractivity contribution in [2.24, 2.45) is 0 Å². The summed E-state index contributed by atoms with van der Waals surface area (Å²) in [4.78, 5) is 0. The molecular weight excluding hydrogens is 270 g/mol. The van der Waals surface area contributed by atoms with E-state index in [4.69, 9.17) is 0 Å². The first-order valence-corrected chi connectivity index (χ1v) is 5.76. The topological polar surface area (TPSA) is 50.9 Å². The van der Waals surface area contributed by atoms with E-state index in [9.17, 15) is 5.11 Å². The van der Waals surface area contributed by atoms with Gasteiger partial charge in [-0.25, -0.2) is 0 Å². The highest BCUT2D eigenvalue weighted by Gasteiger charge is 2.11. The number of benzene rings is 1. The molecule has 1 aromatic carbocycles. The van der Waals surface area contributed by atoms with Gasteiger partial charge in [0.2, 0.25) is 0 Å². The Labute approximate surface area is 102 Å². The van der Waals surface area contributed by atoms with Crippen molar-refractivity contribution in [3.8, 4) is 11.4 Å². The summed E-state index contributed by atoms with van der Waals surface area (Å²) in [6.07, 6.45) is 3.12. The molecule has 4 nitrogen and oxygen atoms in total. The highest BCUT2D eigenvalue weighted by Crippen LogP contribution is 2.34. The van der Waals surface area contributed by atoms with Gasteiger partial charge in [-0.3, -0.25) is 4.57 Å². The third-order valence-electron chi connectivity index (χ3n) is 2.43. The van der Waals surface area contributed by atoms with Crippen LogP contribution in [0.3, 0.4) is 0 Å². The summed E-state index contributed by atoms with van der Waals surface area (Å²) in [6, 6.07) is 3.86. The maximum Gasteiger partial charge on any atom is 0.153 e. The lowest BCUT2D eigenvalue weighted by atomic mass is 10.0. The Morgan fingerprint density at radius 2 is 1.88 bits per heavy atom. The number of aromatic nitrogens is 3. The quantitative estimate of drug-likeness (QED) is 0.921. The summed E-state index contributed by atoms with van der Waals surface area (Å²) in [5.74, 6) is 0.594. The van der Waals surface area contributed by atoms with Crippen molar-refractivity contribution in [2.75, 3.05) is 0 Å². The molecule has 2 rings (SSSR count). The van der Waals surface area contributed by atoms with E-state index in [0.29, 0.717) is 16.1 Å². The molecule has 0 amide bonds. The van der Waals surface area contributed by atoms with E-state index in [0.717, 1.165) is 5.56 Å². The summed E-state index contributed by atoms with van der Waals surface area (Å²) in [7, 11) is 0. The van der Waals surface area contributed by atoms with Crippen molar-refractivity contribution in [3.05, 3.63) is 34.8 Å². The van der Waals surface area contributed by atoms with Crippen LogP contribution in [-0.4, -0.2) is 19.9 Å². The summed E-state index contributed by atoms with van der Waals surface area (Å²) >= 11 is 3.35. The Morgan fingerprint density at radius 3 is 2.44 bits per heavy atom. The molecule has 0 unspecified atom stereocenters. The lowest BCUT2D eigenvalue weighted by Crippen LogP contribution is -1.96. The fraction of sp³-hybridized carbons (Fsp3) is 0.273. The third-order valence-corrected chi connectivity index (χ3v) is 3.03. The van der Waals surface area contributed by atoms with Gasteiger partial charge in [-0.1, -0.05) is 13.8 Å². The maximum absolute atomic E-state index is 9.95. The number of hydrogen-bond acceptors (Lipinski definition) is 3. The van der Waals surface area contributed by atoms with E-state index in [1.54, 1.807) is 17.2 Å². The molecule has 16 heavy (non-hydrogen) atoms. The van der Waals surface area contributed by atoms with Gasteiger partial charge in [0.25, 0.3) is 0 Å². The molecule has 1 N–H and O–H groups in total. The van der Waals surface area contributed by atoms with E-state index in [1.807, 2.05) is 12.1 Å². The van der Waals surface area contributed by atoms with Crippen LogP contribution in [0.5, 0.6) is 5.75 Å². The van der Waals surface area contributed by atoms with Crippen molar-refractivity contribution < 1.29 is 5.11 Å². The zero-order valence-corrected chi connectivity index (χ0v) is 10.6. The van der Waals surface area contributed by atoms with E-state index in [-0.39, 0.29) is 5.75 Å². The summed E-state index contributed by atoms with van der Waals surface area (Å²) in [6.45, 7) is 4.21. The molecule has 0 radical (unpaired) electrons. The minimum atomic E-state index is 0.198. The van der Waals surface area contributed by atoms with Crippen molar-refractivity contribution in [3.63, 3.8) is 0 Å². The molecular formula is C11H12BrN3O. The molecule has 0 aliphatic heterocycles. The molecule has 1 heterocycles. The van der Waals surface area contributed by atoms with E-state index in [1.165, 1.54) is 0 Å². The Morgan fingerprint density at radius 1 is 1.25 bits per heavy atom. The first-order valence-electron chi connectivity index (χ1n) is 4.97. The van der Waals surface area contributed by atoms with Crippen molar-refractivity contribution in [1.82, 2.24) is 14.8 Å². The number of rotatable bonds is 2. The van der Waals surface area contributed by atoms with E-state index < -0.39 is 0 Å². The maximum atomic E-state index is 9.95. The van der Waals surface area contributed by atoms with Gasteiger partial charge in [0.15, 0.2) is 5.75 Å². The predicted molar refractivity (Wildman–Crippen MR) is 64.8 cm³/mol.